The zero-order valence-electron chi connectivity index (χ0n) is 13.8. The molecule has 2 rings (SSSR count). The fraction of sp³-hybridized carbons (Fsp3) is 0.133. The maximum Gasteiger partial charge on any atom is 0.353 e. The zero-order valence-corrected chi connectivity index (χ0v) is 13.8. The highest BCUT2D eigenvalue weighted by atomic mass is 16.6. The highest BCUT2D eigenvalue weighted by Gasteiger charge is 2.36. The summed E-state index contributed by atoms with van der Waals surface area (Å²) in [4.78, 5) is 55.1. The minimum atomic E-state index is -1.31. The topological polar surface area (TPSA) is 179 Å². The number of aliphatic hydroxyl groups excluding tert-OH is 1. The molecule has 0 fully saturated rings. The molecule has 0 bridgehead atoms. The second kappa shape index (κ2) is 7.03. The third-order valence-corrected chi connectivity index (χ3v) is 3.45. The molecule has 1 aliphatic rings. The Hall–Kier alpha value is -4.09. The van der Waals surface area contributed by atoms with Crippen LogP contribution in [0, 0.1) is 20.2 Å². The molecule has 2 N–H and O–H groups in total. The van der Waals surface area contributed by atoms with E-state index in [1.165, 1.54) is 6.92 Å². The quantitative estimate of drug-likeness (QED) is 0.191. The molecule has 1 heterocycles. The van der Waals surface area contributed by atoms with E-state index in [0.717, 1.165) is 25.1 Å². The molecule has 0 saturated heterocycles. The van der Waals surface area contributed by atoms with Crippen molar-refractivity contribution < 1.29 is 34.1 Å². The van der Waals surface area contributed by atoms with Gasteiger partial charge in [0, 0.05) is 17.8 Å². The number of rotatable bonds is 5. The number of carbonyl (C=O) groups excluding carboxylic acids is 3. The number of aliphatic hydroxyl groups is 1. The molecule has 0 unspecified atom stereocenters. The first-order chi connectivity index (χ1) is 12.5. The zero-order chi connectivity index (χ0) is 20.5. The third kappa shape index (κ3) is 3.78. The normalized spacial score (nSPS) is 15.9. The Bertz CT molecular complexity index is 942. The van der Waals surface area contributed by atoms with E-state index in [1.807, 2.05) is 0 Å². The van der Waals surface area contributed by atoms with Crippen molar-refractivity contribution in [1.82, 2.24) is 0 Å². The largest absolute Gasteiger partial charge is 0.506 e. The van der Waals surface area contributed by atoms with Crippen molar-refractivity contribution in [2.24, 2.45) is 0 Å². The van der Waals surface area contributed by atoms with Gasteiger partial charge in [-0.25, -0.2) is 9.59 Å². The Morgan fingerprint density at radius 3 is 2.00 bits per heavy atom. The molecule has 1 aromatic rings. The van der Waals surface area contributed by atoms with Crippen LogP contribution in [-0.4, -0.2) is 32.7 Å². The number of hydrogen-bond acceptors (Lipinski definition) is 10. The molecule has 1 aromatic carbocycles. The number of nitrogens with one attached hydrogen (secondary N) is 1. The van der Waals surface area contributed by atoms with Crippen molar-refractivity contribution in [3.05, 3.63) is 61.0 Å². The lowest BCUT2D eigenvalue weighted by Gasteiger charge is -2.18. The summed E-state index contributed by atoms with van der Waals surface area (Å²) in [6.07, 6.45) is 0. The van der Waals surface area contributed by atoms with Crippen molar-refractivity contribution in [2.45, 2.75) is 13.8 Å². The molecule has 0 radical (unpaired) electrons. The second-order valence-electron chi connectivity index (χ2n) is 5.33. The van der Waals surface area contributed by atoms with Crippen molar-refractivity contribution in [1.29, 1.82) is 0 Å². The average molecular weight is 377 g/mol. The molecule has 27 heavy (non-hydrogen) atoms. The van der Waals surface area contributed by atoms with Gasteiger partial charge < -0.3 is 15.2 Å². The second-order valence-corrected chi connectivity index (χ2v) is 5.33. The maximum atomic E-state index is 11.9. The predicted octanol–water partition coefficient (Wildman–Crippen LogP) is 1.67. The third-order valence-electron chi connectivity index (χ3n) is 3.45. The number of benzene rings is 1. The average Bonchev–Trinajstić information content (AvgIpc) is 2.53. The summed E-state index contributed by atoms with van der Waals surface area (Å²) in [6.45, 7) is 2.22. The number of anilines is 1. The van der Waals surface area contributed by atoms with E-state index in [1.54, 1.807) is 0 Å². The fourth-order valence-corrected chi connectivity index (χ4v) is 2.30. The SMILES string of the molecule is CC(=O)C1=C(O)/C(=C(\C)Nc2cc([N+](=O)[O-])cc([N+](=O)[O-])c2)C(=O)OC1=O. The van der Waals surface area contributed by atoms with Crippen molar-refractivity contribution >= 4 is 34.8 Å². The summed E-state index contributed by atoms with van der Waals surface area (Å²) in [5, 5.41) is 34.4. The molecular weight excluding hydrogens is 366 g/mol. The summed E-state index contributed by atoms with van der Waals surface area (Å²) >= 11 is 0. The van der Waals surface area contributed by atoms with Crippen LogP contribution in [0.5, 0.6) is 0 Å². The van der Waals surface area contributed by atoms with Gasteiger partial charge in [-0.15, -0.1) is 0 Å². The molecule has 12 nitrogen and oxygen atoms in total. The number of allylic oxidation sites excluding steroid dienone is 1. The standard InChI is InChI=1S/C15H11N3O9/c1-6(11-13(20)12(7(2)19)15(22)27-14(11)21)16-8-3-9(17(23)24)5-10(4-8)18(25)26/h3-5,16,20H,1-2H3/b11-6-. The van der Waals surface area contributed by atoms with Crippen LogP contribution < -0.4 is 5.32 Å². The molecule has 0 spiro atoms. The molecule has 0 atom stereocenters. The number of nitro benzene ring substituents is 2. The molecule has 140 valence electrons. The first kappa shape index (κ1) is 19.2. The number of carbonyl (C=O) groups is 3. The van der Waals surface area contributed by atoms with Gasteiger partial charge in [0.2, 0.25) is 0 Å². The van der Waals surface area contributed by atoms with Crippen LogP contribution in [0.15, 0.2) is 40.8 Å². The fourth-order valence-electron chi connectivity index (χ4n) is 2.30. The lowest BCUT2D eigenvalue weighted by molar-refractivity contribution is -0.394. The van der Waals surface area contributed by atoms with Gasteiger partial charge >= 0.3 is 11.9 Å². The molecule has 12 heteroatoms. The van der Waals surface area contributed by atoms with Gasteiger partial charge in [0.15, 0.2) is 5.78 Å². The molecule has 1 aliphatic heterocycles. The van der Waals surface area contributed by atoms with Crippen LogP contribution in [0.4, 0.5) is 17.1 Å². The van der Waals surface area contributed by atoms with Gasteiger partial charge in [0.25, 0.3) is 11.4 Å². The Morgan fingerprint density at radius 1 is 1.04 bits per heavy atom. The number of Topliss-reactive ketones (excluding diaryl/α,β-unsaturated/α-hetero) is 1. The van der Waals surface area contributed by atoms with Gasteiger partial charge in [0.05, 0.1) is 21.6 Å². The number of cyclic esters (lactones) is 2. The number of nitrogens with zero attached hydrogens (tertiary/aromatic N) is 2. The Labute approximate surface area is 150 Å². The van der Waals surface area contributed by atoms with Crippen LogP contribution >= 0.6 is 0 Å². The predicted molar refractivity (Wildman–Crippen MR) is 87.5 cm³/mol. The first-order valence-corrected chi connectivity index (χ1v) is 7.15. The Kier molecular flexibility index (Phi) is 5.01. The van der Waals surface area contributed by atoms with Gasteiger partial charge in [-0.05, 0) is 13.8 Å². The van der Waals surface area contributed by atoms with Crippen LogP contribution in [0.2, 0.25) is 0 Å². The van der Waals surface area contributed by atoms with E-state index in [0.29, 0.717) is 0 Å². The van der Waals surface area contributed by atoms with Gasteiger partial charge in [-0.2, -0.15) is 0 Å². The molecule has 0 saturated carbocycles. The molecule has 0 aromatic heterocycles. The minimum absolute atomic E-state index is 0.136. The monoisotopic (exact) mass is 377 g/mol. The summed E-state index contributed by atoms with van der Waals surface area (Å²) in [6, 6.07) is 2.67. The Morgan fingerprint density at radius 2 is 1.56 bits per heavy atom. The van der Waals surface area contributed by atoms with Crippen molar-refractivity contribution in [3.63, 3.8) is 0 Å². The number of esters is 2. The van der Waals surface area contributed by atoms with Crippen LogP contribution in [0.25, 0.3) is 0 Å². The van der Waals surface area contributed by atoms with Crippen LogP contribution in [0.3, 0.4) is 0 Å². The molecule has 0 aliphatic carbocycles. The van der Waals surface area contributed by atoms with E-state index in [9.17, 15) is 39.7 Å². The first-order valence-electron chi connectivity index (χ1n) is 7.15. The van der Waals surface area contributed by atoms with E-state index in [4.69, 9.17) is 0 Å². The minimum Gasteiger partial charge on any atom is -0.506 e. The summed E-state index contributed by atoms with van der Waals surface area (Å²) in [7, 11) is 0. The van der Waals surface area contributed by atoms with Crippen molar-refractivity contribution in [3.8, 4) is 0 Å². The number of non-ortho nitro benzene ring substituents is 2. The van der Waals surface area contributed by atoms with Crippen LogP contribution in [-0.2, 0) is 19.1 Å². The van der Waals surface area contributed by atoms with Gasteiger partial charge in [-0.1, -0.05) is 0 Å². The number of nitro groups is 2. The summed E-state index contributed by atoms with van der Waals surface area (Å²) in [5.74, 6) is -4.34. The van der Waals surface area contributed by atoms with Crippen LogP contribution in [0.1, 0.15) is 13.8 Å². The van der Waals surface area contributed by atoms with Crippen molar-refractivity contribution in [2.75, 3.05) is 5.32 Å². The molecular formula is C15H11N3O9. The van der Waals surface area contributed by atoms with E-state index in [2.05, 4.69) is 10.1 Å². The highest BCUT2D eigenvalue weighted by molar-refractivity contribution is 6.23. The highest BCUT2D eigenvalue weighted by Crippen LogP contribution is 2.29. The number of ether oxygens (including phenoxy) is 1. The lowest BCUT2D eigenvalue weighted by Crippen LogP contribution is -2.29. The summed E-state index contributed by atoms with van der Waals surface area (Å²) in [5.41, 5.74) is -2.77. The van der Waals surface area contributed by atoms with Gasteiger partial charge in [0.1, 0.15) is 16.9 Å². The smallest absolute Gasteiger partial charge is 0.353 e. The Balaban J connectivity index is 2.57. The molecule has 0 amide bonds. The number of ketones is 1. The maximum absolute atomic E-state index is 11.9. The lowest BCUT2D eigenvalue weighted by atomic mass is 10.0. The number of hydrogen-bond donors (Lipinski definition) is 2. The van der Waals surface area contributed by atoms with E-state index in [-0.39, 0.29) is 11.4 Å². The van der Waals surface area contributed by atoms with Gasteiger partial charge in [-0.3, -0.25) is 25.0 Å². The van der Waals surface area contributed by atoms with E-state index >= 15 is 0 Å². The summed E-state index contributed by atoms with van der Waals surface area (Å²) < 4.78 is 4.40. The van der Waals surface area contributed by atoms with E-state index < -0.39 is 55.8 Å².